The van der Waals surface area contributed by atoms with Gasteiger partial charge >= 0.3 is 0 Å². The van der Waals surface area contributed by atoms with Crippen molar-refractivity contribution in [3.8, 4) is 0 Å². The van der Waals surface area contributed by atoms with E-state index in [9.17, 15) is 14.0 Å². The standard InChI is InChI=1S/C19H17Cl2FN2O2/c20-15-3-1-2-14(17(15)21)18(25)12-8-16(23-10-12)19(26)24-9-11-4-6-13(22)7-5-11/h1-7,12,16,23H,8-10H2,(H,24,26). The van der Waals surface area contributed by atoms with Crippen LogP contribution in [0.25, 0.3) is 0 Å². The molecule has 1 aliphatic rings. The molecule has 2 unspecified atom stereocenters. The zero-order valence-corrected chi connectivity index (χ0v) is 15.3. The molecule has 1 amide bonds. The summed E-state index contributed by atoms with van der Waals surface area (Å²) in [5.41, 5.74) is 1.18. The van der Waals surface area contributed by atoms with Crippen LogP contribution in [0.2, 0.25) is 10.0 Å². The van der Waals surface area contributed by atoms with E-state index in [1.54, 1.807) is 30.3 Å². The first-order chi connectivity index (χ1) is 12.5. The third-order valence-corrected chi connectivity index (χ3v) is 5.23. The Balaban J connectivity index is 1.57. The predicted molar refractivity (Wildman–Crippen MR) is 98.9 cm³/mol. The molecule has 2 N–H and O–H groups in total. The van der Waals surface area contributed by atoms with Crippen LogP contribution in [0, 0.1) is 11.7 Å². The van der Waals surface area contributed by atoms with Crippen molar-refractivity contribution >= 4 is 34.9 Å². The van der Waals surface area contributed by atoms with Crippen molar-refractivity contribution in [2.24, 2.45) is 5.92 Å². The van der Waals surface area contributed by atoms with Crippen LogP contribution >= 0.6 is 23.2 Å². The van der Waals surface area contributed by atoms with Crippen LogP contribution in [-0.4, -0.2) is 24.3 Å². The molecule has 2 aromatic rings. The second-order valence-corrected chi connectivity index (χ2v) is 6.99. The number of hydrogen-bond acceptors (Lipinski definition) is 3. The number of Topliss-reactive ketones (excluding diaryl/α,β-unsaturated/α-hetero) is 1. The first-order valence-corrected chi connectivity index (χ1v) is 8.95. The van der Waals surface area contributed by atoms with Gasteiger partial charge in [0, 0.05) is 24.6 Å². The van der Waals surface area contributed by atoms with Gasteiger partial charge in [0.1, 0.15) is 5.82 Å². The van der Waals surface area contributed by atoms with Gasteiger partial charge in [-0.2, -0.15) is 0 Å². The zero-order valence-electron chi connectivity index (χ0n) is 13.8. The number of ketones is 1. The highest BCUT2D eigenvalue weighted by Gasteiger charge is 2.34. The summed E-state index contributed by atoms with van der Waals surface area (Å²) in [5, 5.41) is 6.44. The molecule has 0 aromatic heterocycles. The van der Waals surface area contributed by atoms with Crippen molar-refractivity contribution in [1.29, 1.82) is 0 Å². The normalized spacial score (nSPS) is 19.3. The minimum absolute atomic E-state index is 0.126. The topological polar surface area (TPSA) is 58.2 Å². The number of rotatable bonds is 5. The van der Waals surface area contributed by atoms with Crippen LogP contribution in [0.15, 0.2) is 42.5 Å². The van der Waals surface area contributed by atoms with Crippen molar-refractivity contribution in [2.45, 2.75) is 19.0 Å². The van der Waals surface area contributed by atoms with E-state index >= 15 is 0 Å². The monoisotopic (exact) mass is 394 g/mol. The maximum absolute atomic E-state index is 12.9. The fourth-order valence-electron chi connectivity index (χ4n) is 2.96. The third kappa shape index (κ3) is 4.23. The number of carbonyl (C=O) groups is 2. The molecule has 3 rings (SSSR count). The molecular weight excluding hydrogens is 378 g/mol. The summed E-state index contributed by atoms with van der Waals surface area (Å²) >= 11 is 12.1. The summed E-state index contributed by atoms with van der Waals surface area (Å²) in [6.07, 6.45) is 0.386. The molecule has 1 aliphatic heterocycles. The van der Waals surface area contributed by atoms with E-state index in [0.29, 0.717) is 30.1 Å². The Hall–Kier alpha value is -1.95. The summed E-state index contributed by atoms with van der Waals surface area (Å²) in [6.45, 7) is 0.701. The summed E-state index contributed by atoms with van der Waals surface area (Å²) in [7, 11) is 0. The van der Waals surface area contributed by atoms with Gasteiger partial charge < -0.3 is 10.6 Å². The van der Waals surface area contributed by atoms with E-state index in [2.05, 4.69) is 10.6 Å². The molecule has 1 saturated heterocycles. The first-order valence-electron chi connectivity index (χ1n) is 8.19. The number of amides is 1. The molecule has 1 fully saturated rings. The Labute approximate surface area is 160 Å². The molecule has 136 valence electrons. The van der Waals surface area contributed by atoms with E-state index in [0.717, 1.165) is 5.56 Å². The summed E-state index contributed by atoms with van der Waals surface area (Å²) in [4.78, 5) is 25.0. The van der Waals surface area contributed by atoms with E-state index in [4.69, 9.17) is 23.2 Å². The maximum atomic E-state index is 12.9. The van der Waals surface area contributed by atoms with Crippen molar-refractivity contribution in [1.82, 2.24) is 10.6 Å². The fourth-order valence-corrected chi connectivity index (χ4v) is 3.36. The van der Waals surface area contributed by atoms with Crippen molar-refractivity contribution in [3.05, 3.63) is 69.5 Å². The molecule has 4 nitrogen and oxygen atoms in total. The first kappa shape index (κ1) is 18.8. The van der Waals surface area contributed by atoms with Crippen LogP contribution in [0.5, 0.6) is 0 Å². The largest absolute Gasteiger partial charge is 0.351 e. The van der Waals surface area contributed by atoms with Gasteiger partial charge in [0.05, 0.1) is 16.1 Å². The molecule has 0 saturated carbocycles. The van der Waals surface area contributed by atoms with Gasteiger partial charge in [-0.05, 0) is 36.2 Å². The number of benzene rings is 2. The second kappa shape index (κ2) is 8.16. The molecule has 7 heteroatoms. The Morgan fingerprint density at radius 2 is 1.88 bits per heavy atom. The average Bonchev–Trinajstić information content (AvgIpc) is 3.13. The maximum Gasteiger partial charge on any atom is 0.237 e. The van der Waals surface area contributed by atoms with E-state index in [1.165, 1.54) is 12.1 Å². The summed E-state index contributed by atoms with van der Waals surface area (Å²) < 4.78 is 12.9. The van der Waals surface area contributed by atoms with Gasteiger partial charge in [0.2, 0.25) is 5.91 Å². The van der Waals surface area contributed by atoms with Crippen molar-refractivity contribution in [3.63, 3.8) is 0 Å². The smallest absolute Gasteiger partial charge is 0.237 e. The Bertz CT molecular complexity index is 827. The molecule has 26 heavy (non-hydrogen) atoms. The SMILES string of the molecule is O=C(c1cccc(Cl)c1Cl)C1CNC(C(=O)NCc2ccc(F)cc2)C1. The lowest BCUT2D eigenvalue weighted by molar-refractivity contribution is -0.122. The predicted octanol–water partition coefficient (Wildman–Crippen LogP) is 3.61. The van der Waals surface area contributed by atoms with Crippen LogP contribution in [0.4, 0.5) is 4.39 Å². The summed E-state index contributed by atoms with van der Waals surface area (Å²) in [6, 6.07) is 10.4. The van der Waals surface area contributed by atoms with Gasteiger partial charge in [-0.15, -0.1) is 0 Å². The van der Waals surface area contributed by atoms with Crippen LogP contribution in [0.1, 0.15) is 22.3 Å². The van der Waals surface area contributed by atoms with Gasteiger partial charge in [0.15, 0.2) is 5.78 Å². The highest BCUT2D eigenvalue weighted by molar-refractivity contribution is 6.44. The molecule has 2 atom stereocenters. The van der Waals surface area contributed by atoms with Crippen molar-refractivity contribution in [2.75, 3.05) is 6.54 Å². The molecule has 2 aromatic carbocycles. The quantitative estimate of drug-likeness (QED) is 0.761. The second-order valence-electron chi connectivity index (χ2n) is 6.20. The minimum Gasteiger partial charge on any atom is -0.351 e. The lowest BCUT2D eigenvalue weighted by atomic mass is 9.95. The number of halogens is 3. The van der Waals surface area contributed by atoms with E-state index in [-0.39, 0.29) is 28.4 Å². The number of nitrogens with one attached hydrogen (secondary N) is 2. The number of carbonyl (C=O) groups excluding carboxylic acids is 2. The van der Waals surface area contributed by atoms with E-state index in [1.807, 2.05) is 0 Å². The molecule has 0 spiro atoms. The minimum atomic E-state index is -0.456. The molecule has 0 aliphatic carbocycles. The van der Waals surface area contributed by atoms with Gasteiger partial charge in [0.25, 0.3) is 0 Å². The third-order valence-electron chi connectivity index (χ3n) is 4.42. The van der Waals surface area contributed by atoms with Crippen molar-refractivity contribution < 1.29 is 14.0 Å². The Kier molecular flexibility index (Phi) is 5.91. The highest BCUT2D eigenvalue weighted by atomic mass is 35.5. The van der Waals surface area contributed by atoms with Gasteiger partial charge in [-0.3, -0.25) is 9.59 Å². The average molecular weight is 395 g/mol. The van der Waals surface area contributed by atoms with Gasteiger partial charge in [-0.1, -0.05) is 41.4 Å². The van der Waals surface area contributed by atoms with Crippen LogP contribution in [0.3, 0.4) is 0 Å². The summed E-state index contributed by atoms with van der Waals surface area (Å²) in [5.74, 6) is -0.980. The molecule has 0 radical (unpaired) electrons. The Morgan fingerprint density at radius 1 is 1.15 bits per heavy atom. The Morgan fingerprint density at radius 3 is 2.62 bits per heavy atom. The number of hydrogen-bond donors (Lipinski definition) is 2. The van der Waals surface area contributed by atoms with Crippen LogP contribution < -0.4 is 10.6 Å². The molecular formula is C19H17Cl2FN2O2. The molecule has 0 bridgehead atoms. The highest BCUT2D eigenvalue weighted by Crippen LogP contribution is 2.29. The molecule has 1 heterocycles. The lowest BCUT2D eigenvalue weighted by Crippen LogP contribution is -2.39. The zero-order chi connectivity index (χ0) is 18.7. The lowest BCUT2D eigenvalue weighted by Gasteiger charge is -2.12. The fraction of sp³-hybridized carbons (Fsp3) is 0.263. The van der Waals surface area contributed by atoms with E-state index < -0.39 is 6.04 Å². The van der Waals surface area contributed by atoms with Crippen LogP contribution in [-0.2, 0) is 11.3 Å². The van der Waals surface area contributed by atoms with Gasteiger partial charge in [-0.25, -0.2) is 4.39 Å².